The number of benzene rings is 1. The van der Waals surface area contributed by atoms with Gasteiger partial charge in [0.25, 0.3) is 0 Å². The molecule has 2 heterocycles. The SMILES string of the molecule is C1=CC(Oc2ccc3c(c2)OCO3)=NPO1. The average molecular weight is 237 g/mol. The predicted molar refractivity (Wildman–Crippen MR) is 59.2 cm³/mol. The lowest BCUT2D eigenvalue weighted by Crippen LogP contribution is -2.05. The highest BCUT2D eigenvalue weighted by Gasteiger charge is 2.14. The molecule has 0 saturated carbocycles. The van der Waals surface area contributed by atoms with E-state index in [9.17, 15) is 0 Å². The van der Waals surface area contributed by atoms with Crippen molar-refractivity contribution in [1.82, 2.24) is 0 Å². The van der Waals surface area contributed by atoms with Gasteiger partial charge in [-0.05, 0) is 12.1 Å². The Bertz CT molecular complexity index is 472. The van der Waals surface area contributed by atoms with E-state index in [2.05, 4.69) is 4.76 Å². The van der Waals surface area contributed by atoms with E-state index in [0.29, 0.717) is 17.4 Å². The van der Waals surface area contributed by atoms with Gasteiger partial charge in [0, 0.05) is 12.1 Å². The minimum absolute atomic E-state index is 0.0615. The zero-order valence-corrected chi connectivity index (χ0v) is 9.17. The van der Waals surface area contributed by atoms with Gasteiger partial charge in [-0.2, -0.15) is 4.76 Å². The molecule has 1 atom stereocenters. The number of hydrogen-bond acceptors (Lipinski definition) is 5. The van der Waals surface area contributed by atoms with Gasteiger partial charge >= 0.3 is 0 Å². The maximum absolute atomic E-state index is 5.54. The van der Waals surface area contributed by atoms with Crippen LogP contribution >= 0.6 is 8.96 Å². The van der Waals surface area contributed by atoms with E-state index < -0.39 is 0 Å². The van der Waals surface area contributed by atoms with Gasteiger partial charge in [-0.3, -0.25) is 0 Å². The first kappa shape index (κ1) is 9.48. The summed E-state index contributed by atoms with van der Waals surface area (Å²) in [5.41, 5.74) is 0. The molecule has 0 fully saturated rings. The van der Waals surface area contributed by atoms with Gasteiger partial charge in [-0.15, -0.1) is 0 Å². The summed E-state index contributed by atoms with van der Waals surface area (Å²) in [6.07, 6.45) is 3.23. The number of ether oxygens (including phenoxy) is 3. The van der Waals surface area contributed by atoms with Gasteiger partial charge in [0.1, 0.15) is 5.75 Å². The number of fused-ring (bicyclic) bond motifs is 1. The summed E-state index contributed by atoms with van der Waals surface area (Å²) in [5.74, 6) is 2.62. The molecule has 0 spiro atoms. The molecule has 16 heavy (non-hydrogen) atoms. The van der Waals surface area contributed by atoms with Gasteiger partial charge in [-0.25, -0.2) is 0 Å². The van der Waals surface area contributed by atoms with Crippen LogP contribution in [0, 0.1) is 0 Å². The summed E-state index contributed by atoms with van der Waals surface area (Å²) in [4.78, 5) is 0. The summed E-state index contributed by atoms with van der Waals surface area (Å²) in [6, 6.07) is 5.39. The smallest absolute Gasteiger partial charge is 0.231 e. The molecule has 1 aromatic carbocycles. The van der Waals surface area contributed by atoms with Crippen molar-refractivity contribution in [3.8, 4) is 17.2 Å². The van der Waals surface area contributed by atoms with Crippen LogP contribution < -0.4 is 14.2 Å². The Morgan fingerprint density at radius 3 is 3.06 bits per heavy atom. The van der Waals surface area contributed by atoms with Crippen molar-refractivity contribution in [2.75, 3.05) is 6.79 Å². The highest BCUT2D eigenvalue weighted by molar-refractivity contribution is 7.31. The van der Waals surface area contributed by atoms with Crippen molar-refractivity contribution in [2.45, 2.75) is 0 Å². The van der Waals surface area contributed by atoms with Gasteiger partial charge in [-0.1, -0.05) is 0 Å². The molecular weight excluding hydrogens is 229 g/mol. The van der Waals surface area contributed by atoms with Gasteiger partial charge in [0.2, 0.25) is 12.7 Å². The van der Waals surface area contributed by atoms with Crippen LogP contribution in [0.1, 0.15) is 0 Å². The fourth-order valence-electron chi connectivity index (χ4n) is 1.35. The van der Waals surface area contributed by atoms with Crippen LogP contribution in [0.2, 0.25) is 0 Å². The Morgan fingerprint density at radius 1 is 1.25 bits per heavy atom. The molecule has 0 N–H and O–H groups in total. The lowest BCUT2D eigenvalue weighted by Gasteiger charge is -2.08. The normalized spacial score (nSPS) is 18.1. The molecule has 82 valence electrons. The second kappa shape index (κ2) is 4.02. The molecule has 0 aromatic heterocycles. The molecule has 2 aliphatic rings. The Labute approximate surface area is 93.6 Å². The quantitative estimate of drug-likeness (QED) is 0.703. The zero-order chi connectivity index (χ0) is 10.8. The van der Waals surface area contributed by atoms with Crippen LogP contribution in [0.15, 0.2) is 35.3 Å². The fourth-order valence-corrected chi connectivity index (χ4v) is 1.74. The van der Waals surface area contributed by atoms with E-state index in [-0.39, 0.29) is 15.8 Å². The summed E-state index contributed by atoms with van der Waals surface area (Å²) in [6.45, 7) is 0.259. The van der Waals surface area contributed by atoms with Crippen molar-refractivity contribution in [1.29, 1.82) is 0 Å². The molecule has 0 saturated heterocycles. The van der Waals surface area contributed by atoms with Crippen molar-refractivity contribution < 1.29 is 18.7 Å². The first-order valence-electron chi connectivity index (χ1n) is 4.64. The van der Waals surface area contributed by atoms with Crippen molar-refractivity contribution >= 4 is 14.9 Å². The molecule has 1 unspecified atom stereocenters. The maximum atomic E-state index is 5.54. The largest absolute Gasteiger partial charge is 0.461 e. The third-order valence-electron chi connectivity index (χ3n) is 2.05. The zero-order valence-electron chi connectivity index (χ0n) is 8.17. The Kier molecular flexibility index (Phi) is 2.38. The number of hydrogen-bond donors (Lipinski definition) is 0. The van der Waals surface area contributed by atoms with Crippen LogP contribution in [-0.4, -0.2) is 12.7 Å². The number of nitrogens with zero attached hydrogens (tertiary/aromatic N) is 1. The van der Waals surface area contributed by atoms with Crippen LogP contribution in [0.3, 0.4) is 0 Å². The molecule has 1 aromatic rings. The maximum Gasteiger partial charge on any atom is 0.231 e. The third kappa shape index (κ3) is 1.82. The molecule has 0 radical (unpaired) electrons. The molecule has 5 nitrogen and oxygen atoms in total. The van der Waals surface area contributed by atoms with Crippen LogP contribution in [0.5, 0.6) is 17.2 Å². The van der Waals surface area contributed by atoms with Crippen molar-refractivity contribution in [2.24, 2.45) is 4.76 Å². The van der Waals surface area contributed by atoms with E-state index in [0.717, 1.165) is 5.75 Å². The lowest BCUT2D eigenvalue weighted by molar-refractivity contribution is 0.174. The van der Waals surface area contributed by atoms with Gasteiger partial charge in [0.05, 0.1) is 6.26 Å². The standard InChI is InChI=1S/C10H8NO4P/c1-2-8-9(13-6-12-8)5-7(1)15-10-3-4-14-16-11-10/h1-5,16H,6H2. The first-order valence-corrected chi connectivity index (χ1v) is 5.50. The second-order valence-corrected chi connectivity index (χ2v) is 3.72. The van der Waals surface area contributed by atoms with Crippen LogP contribution in [0.25, 0.3) is 0 Å². The molecule has 2 aliphatic heterocycles. The Morgan fingerprint density at radius 2 is 2.19 bits per heavy atom. The summed E-state index contributed by atoms with van der Waals surface area (Å²) in [7, 11) is 0.0615. The number of rotatable bonds is 1. The van der Waals surface area contributed by atoms with Gasteiger partial charge in [0.15, 0.2) is 20.5 Å². The lowest BCUT2D eigenvalue weighted by atomic mass is 10.3. The average Bonchev–Trinajstić information content (AvgIpc) is 2.77. The minimum atomic E-state index is 0.0615. The van der Waals surface area contributed by atoms with Crippen molar-refractivity contribution in [3.63, 3.8) is 0 Å². The van der Waals surface area contributed by atoms with Crippen molar-refractivity contribution in [3.05, 3.63) is 30.5 Å². The van der Waals surface area contributed by atoms with Gasteiger partial charge < -0.3 is 18.7 Å². The summed E-state index contributed by atoms with van der Waals surface area (Å²) >= 11 is 0. The molecule has 0 aliphatic carbocycles. The monoisotopic (exact) mass is 237 g/mol. The summed E-state index contributed by atoms with van der Waals surface area (Å²) in [5, 5.41) is 0. The van der Waals surface area contributed by atoms with E-state index in [1.165, 1.54) is 0 Å². The fraction of sp³-hybridized carbons (Fsp3) is 0.100. The topological polar surface area (TPSA) is 49.3 Å². The Balaban J connectivity index is 1.80. The molecule has 0 amide bonds. The first-order chi connectivity index (χ1) is 7.92. The Hall–Kier alpha value is -1.74. The second-order valence-electron chi connectivity index (χ2n) is 3.08. The molecule has 6 heteroatoms. The predicted octanol–water partition coefficient (Wildman–Crippen LogP) is 2.25. The highest BCUT2D eigenvalue weighted by Crippen LogP contribution is 2.35. The van der Waals surface area contributed by atoms with E-state index in [4.69, 9.17) is 18.7 Å². The van der Waals surface area contributed by atoms with Crippen LogP contribution in [-0.2, 0) is 4.52 Å². The van der Waals surface area contributed by atoms with E-state index in [1.54, 1.807) is 18.4 Å². The summed E-state index contributed by atoms with van der Waals surface area (Å²) < 4.78 is 25.0. The van der Waals surface area contributed by atoms with E-state index in [1.807, 2.05) is 12.1 Å². The third-order valence-corrected chi connectivity index (χ3v) is 2.61. The molecule has 0 bridgehead atoms. The van der Waals surface area contributed by atoms with E-state index >= 15 is 0 Å². The molecular formula is C10H8NO4P. The minimum Gasteiger partial charge on any atom is -0.461 e. The van der Waals surface area contributed by atoms with Crippen LogP contribution in [0.4, 0.5) is 0 Å². The molecule has 3 rings (SSSR count). The highest BCUT2D eigenvalue weighted by atomic mass is 31.1.